The number of hydrogen-bond donors (Lipinski definition) is 3. The first-order valence-electron chi connectivity index (χ1n) is 29.6. The molecule has 6 heteroatoms. The molecule has 0 fully saturated rings. The first-order valence-corrected chi connectivity index (χ1v) is 29.6. The van der Waals surface area contributed by atoms with Crippen molar-refractivity contribution in [1.29, 1.82) is 0 Å². The summed E-state index contributed by atoms with van der Waals surface area (Å²) in [5.41, 5.74) is 0. The highest BCUT2D eigenvalue weighted by molar-refractivity contribution is 5.76. The SMILES string of the molecule is CCCCCCCCCCCCCC/C=C/C(O)C(CO)NC(=O)CCCCCCC/C=C\CCCCCCCCCCCOC(=O)CCCCCCCCCCCCCCCCCCC. The average molecular weight is 931 g/mol. The zero-order valence-corrected chi connectivity index (χ0v) is 44.4. The maximum absolute atomic E-state index is 12.4. The van der Waals surface area contributed by atoms with Crippen LogP contribution >= 0.6 is 0 Å². The van der Waals surface area contributed by atoms with Gasteiger partial charge >= 0.3 is 5.97 Å². The van der Waals surface area contributed by atoms with Crippen LogP contribution in [0.2, 0.25) is 0 Å². The molecule has 2 unspecified atom stereocenters. The number of amides is 1. The van der Waals surface area contributed by atoms with Crippen LogP contribution in [0.4, 0.5) is 0 Å². The number of esters is 1. The number of rotatable bonds is 55. The summed E-state index contributed by atoms with van der Waals surface area (Å²) in [6, 6.07) is -0.637. The van der Waals surface area contributed by atoms with Crippen LogP contribution in [0.15, 0.2) is 24.3 Å². The molecule has 0 saturated heterocycles. The molecule has 3 N–H and O–H groups in total. The summed E-state index contributed by atoms with van der Waals surface area (Å²) in [6.07, 6.45) is 67.7. The number of allylic oxidation sites excluding steroid dienone is 3. The van der Waals surface area contributed by atoms with E-state index in [0.717, 1.165) is 57.8 Å². The van der Waals surface area contributed by atoms with E-state index in [9.17, 15) is 19.8 Å². The number of unbranched alkanes of at least 4 members (excludes halogenated alkanes) is 42. The zero-order chi connectivity index (χ0) is 47.9. The third-order valence-electron chi connectivity index (χ3n) is 13.7. The maximum atomic E-state index is 12.4. The largest absolute Gasteiger partial charge is 0.466 e. The Morgan fingerprint density at radius 3 is 1.08 bits per heavy atom. The first kappa shape index (κ1) is 64.3. The predicted octanol–water partition coefficient (Wildman–Crippen LogP) is 18.2. The maximum Gasteiger partial charge on any atom is 0.305 e. The summed E-state index contributed by atoms with van der Waals surface area (Å²) in [5.74, 6) is -0.0752. The van der Waals surface area contributed by atoms with Crippen LogP contribution in [0.25, 0.3) is 0 Å². The van der Waals surface area contributed by atoms with Crippen LogP contribution < -0.4 is 5.32 Å². The molecule has 0 aromatic rings. The van der Waals surface area contributed by atoms with Crippen molar-refractivity contribution in [2.45, 2.75) is 334 Å². The monoisotopic (exact) mass is 930 g/mol. The molecule has 0 heterocycles. The lowest BCUT2D eigenvalue weighted by Crippen LogP contribution is -2.45. The number of ether oxygens (including phenoxy) is 1. The molecule has 2 atom stereocenters. The van der Waals surface area contributed by atoms with Gasteiger partial charge < -0.3 is 20.3 Å². The molecule has 1 amide bonds. The molecule has 390 valence electrons. The van der Waals surface area contributed by atoms with Gasteiger partial charge in [-0.25, -0.2) is 0 Å². The standard InChI is InChI=1S/C60H115NO5/c1-3-5-7-9-11-13-15-17-19-22-26-30-34-38-42-46-50-54-60(65)66-55-51-47-43-39-35-31-27-24-21-20-23-25-29-33-37-41-45-49-53-59(64)61-57(56-62)58(63)52-48-44-40-36-32-28-18-16-14-12-10-8-6-4-2/h23,25,48,52,57-58,62-63H,3-22,24,26-47,49-51,53-56H2,1-2H3,(H,61,64)/b25-23-,52-48+. The minimum Gasteiger partial charge on any atom is -0.466 e. The van der Waals surface area contributed by atoms with Crippen molar-refractivity contribution >= 4 is 11.9 Å². The van der Waals surface area contributed by atoms with Crippen LogP contribution in [0, 0.1) is 0 Å². The van der Waals surface area contributed by atoms with Crippen molar-refractivity contribution in [2.24, 2.45) is 0 Å². The summed E-state index contributed by atoms with van der Waals surface area (Å²) in [5, 5.41) is 23.1. The molecule has 6 nitrogen and oxygen atoms in total. The third-order valence-corrected chi connectivity index (χ3v) is 13.7. The van der Waals surface area contributed by atoms with Crippen molar-refractivity contribution < 1.29 is 24.5 Å². The number of carbonyl (C=O) groups is 2. The number of hydrogen-bond acceptors (Lipinski definition) is 5. The van der Waals surface area contributed by atoms with Gasteiger partial charge in [-0.3, -0.25) is 9.59 Å². The minimum atomic E-state index is -0.852. The lowest BCUT2D eigenvalue weighted by molar-refractivity contribution is -0.143. The molecule has 0 aliphatic rings. The van der Waals surface area contributed by atoms with Crippen LogP contribution in [0.5, 0.6) is 0 Å². The Kier molecular flexibility index (Phi) is 54.5. The van der Waals surface area contributed by atoms with E-state index in [0.29, 0.717) is 19.4 Å². The highest BCUT2D eigenvalue weighted by Gasteiger charge is 2.18. The third kappa shape index (κ3) is 51.7. The van der Waals surface area contributed by atoms with Gasteiger partial charge in [0.15, 0.2) is 0 Å². The summed E-state index contributed by atoms with van der Waals surface area (Å²) < 4.78 is 5.49. The number of aliphatic hydroxyl groups excluding tert-OH is 2. The van der Waals surface area contributed by atoms with Gasteiger partial charge in [-0.2, -0.15) is 0 Å². The fourth-order valence-electron chi connectivity index (χ4n) is 9.16. The molecule has 0 rings (SSSR count). The topological polar surface area (TPSA) is 95.9 Å². The molecule has 0 aromatic carbocycles. The second kappa shape index (κ2) is 55.9. The molecule has 0 aliphatic carbocycles. The Bertz CT molecular complexity index is 1030. The fourth-order valence-corrected chi connectivity index (χ4v) is 9.16. The molecule has 66 heavy (non-hydrogen) atoms. The smallest absolute Gasteiger partial charge is 0.305 e. The molecule has 0 saturated carbocycles. The summed E-state index contributed by atoms with van der Waals surface area (Å²) in [7, 11) is 0. The van der Waals surface area contributed by atoms with E-state index in [-0.39, 0.29) is 18.5 Å². The van der Waals surface area contributed by atoms with Crippen molar-refractivity contribution in [3.05, 3.63) is 24.3 Å². The van der Waals surface area contributed by atoms with Gasteiger partial charge in [0.05, 0.1) is 25.4 Å². The summed E-state index contributed by atoms with van der Waals surface area (Å²) in [6.45, 7) is 4.90. The lowest BCUT2D eigenvalue weighted by Gasteiger charge is -2.20. The fraction of sp³-hybridized carbons (Fsp3) is 0.900. The molecule has 0 bridgehead atoms. The quantitative estimate of drug-likeness (QED) is 0.0321. The van der Waals surface area contributed by atoms with Gasteiger partial charge in [0, 0.05) is 12.8 Å². The van der Waals surface area contributed by atoms with Gasteiger partial charge in [0.25, 0.3) is 0 Å². The highest BCUT2D eigenvalue weighted by atomic mass is 16.5. The molecular formula is C60H115NO5. The van der Waals surface area contributed by atoms with E-state index in [2.05, 4.69) is 31.3 Å². The van der Waals surface area contributed by atoms with Crippen molar-refractivity contribution in [3.63, 3.8) is 0 Å². The normalized spacial score (nSPS) is 12.7. The average Bonchev–Trinajstić information content (AvgIpc) is 3.32. The molecule has 0 aliphatic heterocycles. The van der Waals surface area contributed by atoms with Crippen LogP contribution in [-0.2, 0) is 14.3 Å². The van der Waals surface area contributed by atoms with Gasteiger partial charge in [-0.15, -0.1) is 0 Å². The minimum absolute atomic E-state index is 0.00619. The van der Waals surface area contributed by atoms with Gasteiger partial charge in [0.2, 0.25) is 5.91 Å². The van der Waals surface area contributed by atoms with E-state index in [1.165, 1.54) is 238 Å². The van der Waals surface area contributed by atoms with Gasteiger partial charge in [0.1, 0.15) is 0 Å². The summed E-state index contributed by atoms with van der Waals surface area (Å²) >= 11 is 0. The van der Waals surface area contributed by atoms with E-state index in [1.807, 2.05) is 6.08 Å². The lowest BCUT2D eigenvalue weighted by atomic mass is 10.0. The van der Waals surface area contributed by atoms with Crippen molar-refractivity contribution in [2.75, 3.05) is 13.2 Å². The molecule has 0 radical (unpaired) electrons. The molecule has 0 aromatic heterocycles. The van der Waals surface area contributed by atoms with Crippen LogP contribution in [0.1, 0.15) is 322 Å². The second-order valence-corrected chi connectivity index (χ2v) is 20.3. The zero-order valence-electron chi connectivity index (χ0n) is 44.4. The highest BCUT2D eigenvalue weighted by Crippen LogP contribution is 2.17. The van der Waals surface area contributed by atoms with E-state index >= 15 is 0 Å². The van der Waals surface area contributed by atoms with Crippen molar-refractivity contribution in [1.82, 2.24) is 5.32 Å². The summed E-state index contributed by atoms with van der Waals surface area (Å²) in [4.78, 5) is 24.5. The number of nitrogens with one attached hydrogen (secondary N) is 1. The Balaban J connectivity index is 3.44. The Morgan fingerprint density at radius 2 is 0.712 bits per heavy atom. The van der Waals surface area contributed by atoms with E-state index < -0.39 is 12.1 Å². The van der Waals surface area contributed by atoms with Gasteiger partial charge in [-0.05, 0) is 57.8 Å². The Morgan fingerprint density at radius 1 is 0.409 bits per heavy atom. The molecular weight excluding hydrogens is 815 g/mol. The van der Waals surface area contributed by atoms with Gasteiger partial charge in [-0.1, -0.05) is 276 Å². The van der Waals surface area contributed by atoms with E-state index in [1.54, 1.807) is 6.08 Å². The first-order chi connectivity index (χ1) is 32.5. The van der Waals surface area contributed by atoms with Crippen LogP contribution in [0.3, 0.4) is 0 Å². The number of aliphatic hydroxyl groups is 2. The molecule has 0 spiro atoms. The predicted molar refractivity (Wildman–Crippen MR) is 287 cm³/mol. The van der Waals surface area contributed by atoms with Crippen molar-refractivity contribution in [3.8, 4) is 0 Å². The Hall–Kier alpha value is -1.66. The second-order valence-electron chi connectivity index (χ2n) is 20.3. The van der Waals surface area contributed by atoms with Crippen LogP contribution in [-0.4, -0.2) is 47.4 Å². The number of carbonyl (C=O) groups excluding carboxylic acids is 2. The Labute approximate surface area is 411 Å². The van der Waals surface area contributed by atoms with E-state index in [4.69, 9.17) is 4.74 Å².